The van der Waals surface area contributed by atoms with Crippen molar-refractivity contribution in [2.45, 2.75) is 19.9 Å². The zero-order chi connectivity index (χ0) is 24.2. The quantitative estimate of drug-likeness (QED) is 0.396. The molecule has 178 valence electrons. The highest BCUT2D eigenvalue weighted by molar-refractivity contribution is 5.91. The van der Waals surface area contributed by atoms with Crippen molar-refractivity contribution in [2.75, 3.05) is 26.2 Å². The second kappa shape index (κ2) is 10.1. The van der Waals surface area contributed by atoms with Gasteiger partial charge in [-0.25, -0.2) is 4.68 Å². The van der Waals surface area contributed by atoms with E-state index >= 15 is 0 Å². The highest BCUT2D eigenvalue weighted by atomic mass is 16.5. The second-order valence-corrected chi connectivity index (χ2v) is 8.75. The van der Waals surface area contributed by atoms with Crippen molar-refractivity contribution in [1.29, 1.82) is 0 Å². The fourth-order valence-corrected chi connectivity index (χ4v) is 4.13. The number of benzene rings is 2. The van der Waals surface area contributed by atoms with Crippen LogP contribution in [0, 0.1) is 6.92 Å². The lowest BCUT2D eigenvalue weighted by Crippen LogP contribution is -2.48. The van der Waals surface area contributed by atoms with Crippen LogP contribution in [0.3, 0.4) is 0 Å². The summed E-state index contributed by atoms with van der Waals surface area (Å²) in [7, 11) is 0. The highest BCUT2D eigenvalue weighted by Crippen LogP contribution is 2.24. The molecule has 5 rings (SSSR count). The van der Waals surface area contributed by atoms with E-state index in [4.69, 9.17) is 4.52 Å². The lowest BCUT2D eigenvalue weighted by Gasteiger charge is -2.36. The molecule has 8 heteroatoms. The van der Waals surface area contributed by atoms with Gasteiger partial charge in [-0.1, -0.05) is 53.2 Å². The normalized spacial score (nSPS) is 15.5. The van der Waals surface area contributed by atoms with Crippen molar-refractivity contribution < 1.29 is 9.32 Å². The van der Waals surface area contributed by atoms with Gasteiger partial charge in [0, 0.05) is 49.6 Å². The summed E-state index contributed by atoms with van der Waals surface area (Å²) < 4.78 is 7.36. The average Bonchev–Trinajstić information content (AvgIpc) is 3.58. The molecule has 0 radical (unpaired) electrons. The van der Waals surface area contributed by atoms with E-state index in [9.17, 15) is 4.79 Å². The van der Waals surface area contributed by atoms with Crippen molar-refractivity contribution in [3.05, 3.63) is 90.1 Å². The Morgan fingerprint density at radius 2 is 1.77 bits per heavy atom. The summed E-state index contributed by atoms with van der Waals surface area (Å²) in [6.07, 6.45) is 7.10. The third-order valence-corrected chi connectivity index (χ3v) is 6.32. The van der Waals surface area contributed by atoms with Gasteiger partial charge in [0.1, 0.15) is 0 Å². The Morgan fingerprint density at radius 3 is 2.51 bits per heavy atom. The van der Waals surface area contributed by atoms with Crippen molar-refractivity contribution in [2.24, 2.45) is 0 Å². The van der Waals surface area contributed by atoms with Gasteiger partial charge in [-0.2, -0.15) is 10.1 Å². The number of aryl methyl sites for hydroxylation is 1. The number of carbonyl (C=O) groups excluding carboxylic acids is 1. The molecule has 1 saturated heterocycles. The van der Waals surface area contributed by atoms with Crippen molar-refractivity contribution in [3.8, 4) is 17.1 Å². The van der Waals surface area contributed by atoms with Gasteiger partial charge < -0.3 is 9.42 Å². The molecule has 2 aromatic heterocycles. The van der Waals surface area contributed by atoms with Crippen LogP contribution < -0.4 is 0 Å². The van der Waals surface area contributed by atoms with E-state index in [-0.39, 0.29) is 11.9 Å². The van der Waals surface area contributed by atoms with Crippen molar-refractivity contribution in [1.82, 2.24) is 29.7 Å². The molecule has 0 aliphatic carbocycles. The van der Waals surface area contributed by atoms with Crippen LogP contribution >= 0.6 is 0 Å². The highest BCUT2D eigenvalue weighted by Gasteiger charge is 2.27. The standard InChI is InChI=1S/C27H28N6O2/c1-20-8-11-23(12-9-20)26-29-27(35-30-26)21(2)31-14-16-32(17-15-31)25(34)13-10-22-18-28-33(19-22)24-6-4-3-5-7-24/h3-13,18-19,21H,14-17H2,1-2H3/b13-10+. The molecule has 0 spiro atoms. The van der Waals surface area contributed by atoms with Crippen LogP contribution in [0.1, 0.15) is 30.0 Å². The summed E-state index contributed by atoms with van der Waals surface area (Å²) in [4.78, 5) is 21.5. The van der Waals surface area contributed by atoms with Gasteiger partial charge >= 0.3 is 0 Å². The summed E-state index contributed by atoms with van der Waals surface area (Å²) in [6, 6.07) is 17.9. The third kappa shape index (κ3) is 5.22. The van der Waals surface area contributed by atoms with E-state index < -0.39 is 0 Å². The summed E-state index contributed by atoms with van der Waals surface area (Å²) in [5.74, 6) is 1.20. The molecule has 0 bridgehead atoms. The van der Waals surface area contributed by atoms with Gasteiger partial charge in [-0.15, -0.1) is 0 Å². The first-order chi connectivity index (χ1) is 17.1. The topological polar surface area (TPSA) is 80.3 Å². The number of para-hydroxylation sites is 1. The summed E-state index contributed by atoms with van der Waals surface area (Å²) in [6.45, 7) is 6.90. The van der Waals surface area contributed by atoms with Crippen LogP contribution in [-0.2, 0) is 4.79 Å². The molecule has 8 nitrogen and oxygen atoms in total. The first-order valence-corrected chi connectivity index (χ1v) is 11.8. The van der Waals surface area contributed by atoms with Gasteiger partial charge in [-0.3, -0.25) is 9.69 Å². The van der Waals surface area contributed by atoms with Crippen LogP contribution in [0.25, 0.3) is 23.2 Å². The Balaban J connectivity index is 1.15. The molecule has 4 aromatic rings. The number of carbonyl (C=O) groups is 1. The molecule has 1 aliphatic rings. The van der Waals surface area contributed by atoms with E-state index in [1.807, 2.05) is 78.7 Å². The van der Waals surface area contributed by atoms with Gasteiger partial charge in [0.15, 0.2) is 0 Å². The number of hydrogen-bond donors (Lipinski definition) is 0. The maximum absolute atomic E-state index is 12.7. The number of rotatable bonds is 6. The molecular weight excluding hydrogens is 440 g/mol. The number of piperazine rings is 1. The predicted molar refractivity (Wildman–Crippen MR) is 134 cm³/mol. The van der Waals surface area contributed by atoms with Crippen LogP contribution in [0.2, 0.25) is 0 Å². The molecule has 1 amide bonds. The largest absolute Gasteiger partial charge is 0.337 e. The smallest absolute Gasteiger partial charge is 0.246 e. The molecule has 2 aromatic carbocycles. The number of hydrogen-bond acceptors (Lipinski definition) is 6. The molecule has 0 saturated carbocycles. The lowest BCUT2D eigenvalue weighted by molar-refractivity contribution is -0.128. The first kappa shape index (κ1) is 22.7. The Labute approximate surface area is 204 Å². The number of nitrogens with zero attached hydrogens (tertiary/aromatic N) is 6. The lowest BCUT2D eigenvalue weighted by atomic mass is 10.1. The fourth-order valence-electron chi connectivity index (χ4n) is 4.13. The molecule has 0 N–H and O–H groups in total. The zero-order valence-electron chi connectivity index (χ0n) is 19.9. The minimum Gasteiger partial charge on any atom is -0.337 e. The molecular formula is C27H28N6O2. The fraction of sp³-hybridized carbons (Fsp3) is 0.259. The van der Waals surface area contributed by atoms with Gasteiger partial charge in [-0.05, 0) is 32.1 Å². The summed E-state index contributed by atoms with van der Waals surface area (Å²) in [5.41, 5.74) is 4.00. The van der Waals surface area contributed by atoms with E-state index in [0.29, 0.717) is 24.8 Å². The predicted octanol–water partition coefficient (Wildman–Crippen LogP) is 4.15. The zero-order valence-corrected chi connectivity index (χ0v) is 19.9. The average molecular weight is 469 g/mol. The van der Waals surface area contributed by atoms with Crippen LogP contribution in [0.5, 0.6) is 0 Å². The van der Waals surface area contributed by atoms with Crippen LogP contribution in [0.15, 0.2) is 77.6 Å². The summed E-state index contributed by atoms with van der Waals surface area (Å²) in [5, 5.41) is 8.53. The van der Waals surface area contributed by atoms with E-state index in [1.165, 1.54) is 5.56 Å². The molecule has 1 aliphatic heterocycles. The monoisotopic (exact) mass is 468 g/mol. The number of aromatic nitrogens is 4. The molecule has 35 heavy (non-hydrogen) atoms. The first-order valence-electron chi connectivity index (χ1n) is 11.8. The Morgan fingerprint density at radius 1 is 1.03 bits per heavy atom. The van der Waals surface area contributed by atoms with Gasteiger partial charge in [0.2, 0.25) is 17.6 Å². The maximum atomic E-state index is 12.7. The Kier molecular flexibility index (Phi) is 6.54. The van der Waals surface area contributed by atoms with Crippen molar-refractivity contribution >= 4 is 12.0 Å². The second-order valence-electron chi connectivity index (χ2n) is 8.75. The minimum absolute atomic E-state index is 0.00390. The van der Waals surface area contributed by atoms with Gasteiger partial charge in [0.25, 0.3) is 0 Å². The summed E-state index contributed by atoms with van der Waals surface area (Å²) >= 11 is 0. The van der Waals surface area contributed by atoms with E-state index in [2.05, 4.69) is 27.1 Å². The Bertz CT molecular complexity index is 1300. The number of amides is 1. The van der Waals surface area contributed by atoms with E-state index in [1.54, 1.807) is 17.0 Å². The molecule has 1 unspecified atom stereocenters. The van der Waals surface area contributed by atoms with Crippen LogP contribution in [-0.4, -0.2) is 61.8 Å². The molecule has 1 atom stereocenters. The Hall–Kier alpha value is -4.04. The van der Waals surface area contributed by atoms with Crippen LogP contribution in [0.4, 0.5) is 0 Å². The van der Waals surface area contributed by atoms with Gasteiger partial charge in [0.05, 0.1) is 17.9 Å². The molecule has 3 heterocycles. The SMILES string of the molecule is Cc1ccc(-c2noc(C(C)N3CCN(C(=O)/C=C/c4cnn(-c5ccccc5)c4)CC3)n2)cc1. The van der Waals surface area contributed by atoms with E-state index in [0.717, 1.165) is 29.9 Å². The molecule has 1 fully saturated rings. The van der Waals surface area contributed by atoms with Crippen molar-refractivity contribution in [3.63, 3.8) is 0 Å². The third-order valence-electron chi connectivity index (χ3n) is 6.32. The minimum atomic E-state index is -0.0154. The maximum Gasteiger partial charge on any atom is 0.246 e.